The molecule has 0 aliphatic heterocycles. The molecule has 2 rings (SSSR count). The fourth-order valence-corrected chi connectivity index (χ4v) is 5.28. The van der Waals surface area contributed by atoms with E-state index in [1.165, 1.54) is 74.6 Å². The van der Waals surface area contributed by atoms with Crippen molar-refractivity contribution in [2.75, 3.05) is 6.61 Å². The summed E-state index contributed by atoms with van der Waals surface area (Å²) in [6, 6.07) is 21.5. The van der Waals surface area contributed by atoms with Crippen LogP contribution in [0, 0.1) is 0 Å². The lowest BCUT2D eigenvalue weighted by molar-refractivity contribution is 0.318. The van der Waals surface area contributed by atoms with E-state index in [9.17, 15) is 0 Å². The standard InChI is InChI=1S/C24H35OSi/c1-2-3-4-5-6-7-8-9-10-17-22-25-26(23-18-13-11-14-19-23)24-20-15-12-16-21-24/h11-16,18-21H,2-10,17,22H2,1H3/q+1. The van der Waals surface area contributed by atoms with Gasteiger partial charge in [0.05, 0.1) is 6.61 Å². The molecule has 0 amide bonds. The van der Waals surface area contributed by atoms with Crippen molar-refractivity contribution in [1.82, 2.24) is 0 Å². The summed E-state index contributed by atoms with van der Waals surface area (Å²) >= 11 is 0. The van der Waals surface area contributed by atoms with Crippen LogP contribution in [0.5, 0.6) is 0 Å². The molecule has 0 N–H and O–H groups in total. The molecule has 0 saturated carbocycles. The lowest BCUT2D eigenvalue weighted by atomic mass is 10.1. The third kappa shape index (κ3) is 8.33. The van der Waals surface area contributed by atoms with Gasteiger partial charge in [0.2, 0.25) is 0 Å². The minimum atomic E-state index is -1.11. The molecule has 1 nitrogen and oxygen atoms in total. The quantitative estimate of drug-likeness (QED) is 0.306. The van der Waals surface area contributed by atoms with E-state index in [0.717, 1.165) is 6.61 Å². The molecule has 26 heavy (non-hydrogen) atoms. The molecule has 0 radical (unpaired) electrons. The average Bonchev–Trinajstić information content (AvgIpc) is 2.70. The fourth-order valence-electron chi connectivity index (χ4n) is 3.28. The summed E-state index contributed by atoms with van der Waals surface area (Å²) in [5, 5.41) is 2.69. The summed E-state index contributed by atoms with van der Waals surface area (Å²) < 4.78 is 6.39. The number of hydrogen-bond donors (Lipinski definition) is 0. The van der Waals surface area contributed by atoms with Gasteiger partial charge in [-0.3, -0.25) is 0 Å². The van der Waals surface area contributed by atoms with E-state index in [2.05, 4.69) is 67.6 Å². The Labute approximate surface area is 162 Å². The predicted molar refractivity (Wildman–Crippen MR) is 116 cm³/mol. The summed E-state index contributed by atoms with van der Waals surface area (Å²) in [7, 11) is -1.11. The van der Waals surface area contributed by atoms with Gasteiger partial charge >= 0.3 is 9.04 Å². The number of benzene rings is 2. The van der Waals surface area contributed by atoms with E-state index in [0.29, 0.717) is 0 Å². The van der Waals surface area contributed by atoms with Crippen molar-refractivity contribution < 1.29 is 4.43 Å². The van der Waals surface area contributed by atoms with Crippen molar-refractivity contribution in [2.45, 2.75) is 71.1 Å². The zero-order chi connectivity index (χ0) is 18.3. The van der Waals surface area contributed by atoms with E-state index in [-0.39, 0.29) is 0 Å². The maximum Gasteiger partial charge on any atom is 0.551 e. The summed E-state index contributed by atoms with van der Waals surface area (Å²) in [5.41, 5.74) is 0. The first-order chi connectivity index (χ1) is 12.9. The molecule has 0 aliphatic carbocycles. The molecule has 2 heteroatoms. The second kappa shape index (κ2) is 13.8. The van der Waals surface area contributed by atoms with Crippen LogP contribution in [0.2, 0.25) is 0 Å². The normalized spacial score (nSPS) is 10.8. The number of rotatable bonds is 14. The molecular weight excluding hydrogens is 332 g/mol. The van der Waals surface area contributed by atoms with Crippen LogP contribution in [0.15, 0.2) is 60.7 Å². The molecule has 0 atom stereocenters. The number of hydrogen-bond acceptors (Lipinski definition) is 1. The molecule has 0 spiro atoms. The second-order valence-corrected chi connectivity index (χ2v) is 9.19. The highest BCUT2D eigenvalue weighted by Gasteiger charge is 2.35. The van der Waals surface area contributed by atoms with E-state index >= 15 is 0 Å². The SMILES string of the molecule is CCCCCCCCCCCCO[Si+](c1ccccc1)c1ccccc1. The molecule has 0 fully saturated rings. The van der Waals surface area contributed by atoms with Crippen molar-refractivity contribution in [3.63, 3.8) is 0 Å². The lowest BCUT2D eigenvalue weighted by Gasteiger charge is -2.04. The summed E-state index contributed by atoms with van der Waals surface area (Å²) in [5.74, 6) is 0. The van der Waals surface area contributed by atoms with Crippen molar-refractivity contribution in [3.05, 3.63) is 60.7 Å². The first-order valence-electron chi connectivity index (χ1n) is 10.5. The molecule has 2 aromatic carbocycles. The Hall–Kier alpha value is -1.38. The molecule has 0 aromatic heterocycles. The maximum atomic E-state index is 6.39. The molecule has 2 aromatic rings. The Kier molecular flexibility index (Phi) is 11.1. The Morgan fingerprint density at radius 3 is 1.46 bits per heavy atom. The van der Waals surface area contributed by atoms with E-state index in [4.69, 9.17) is 4.43 Å². The van der Waals surface area contributed by atoms with Crippen molar-refractivity contribution in [3.8, 4) is 0 Å². The maximum absolute atomic E-state index is 6.39. The Balaban J connectivity index is 1.64. The third-order valence-corrected chi connectivity index (χ3v) is 7.02. The van der Waals surface area contributed by atoms with Gasteiger partial charge in [-0.25, -0.2) is 4.43 Å². The Morgan fingerprint density at radius 1 is 0.577 bits per heavy atom. The van der Waals surface area contributed by atoms with E-state index < -0.39 is 9.04 Å². The van der Waals surface area contributed by atoms with Gasteiger partial charge in [0.25, 0.3) is 0 Å². The fraction of sp³-hybridized carbons (Fsp3) is 0.500. The van der Waals surface area contributed by atoms with Crippen molar-refractivity contribution in [1.29, 1.82) is 0 Å². The zero-order valence-electron chi connectivity index (χ0n) is 16.5. The van der Waals surface area contributed by atoms with Gasteiger partial charge in [-0.2, -0.15) is 0 Å². The molecule has 0 heterocycles. The van der Waals surface area contributed by atoms with Crippen LogP contribution in [0.3, 0.4) is 0 Å². The van der Waals surface area contributed by atoms with Gasteiger partial charge in [0.1, 0.15) is 10.4 Å². The van der Waals surface area contributed by atoms with Crippen LogP contribution in [0.25, 0.3) is 0 Å². The highest BCUT2D eigenvalue weighted by Crippen LogP contribution is 2.10. The van der Waals surface area contributed by atoms with Gasteiger partial charge < -0.3 is 0 Å². The Bertz CT molecular complexity index is 515. The smallest absolute Gasteiger partial charge is 0.220 e. The monoisotopic (exact) mass is 367 g/mol. The zero-order valence-corrected chi connectivity index (χ0v) is 17.5. The average molecular weight is 368 g/mol. The molecule has 0 unspecified atom stereocenters. The highest BCUT2D eigenvalue weighted by molar-refractivity contribution is 6.80. The minimum absolute atomic E-state index is 0.884. The summed E-state index contributed by atoms with van der Waals surface area (Å²) in [6.07, 6.45) is 13.7. The molecule has 0 aliphatic rings. The van der Waals surface area contributed by atoms with Crippen LogP contribution < -0.4 is 10.4 Å². The first kappa shape index (κ1) is 20.9. The van der Waals surface area contributed by atoms with Gasteiger partial charge in [-0.1, -0.05) is 101 Å². The van der Waals surface area contributed by atoms with E-state index in [1.807, 2.05) is 0 Å². The molecular formula is C24H35OSi+. The van der Waals surface area contributed by atoms with Crippen molar-refractivity contribution >= 4 is 19.4 Å². The van der Waals surface area contributed by atoms with E-state index in [1.54, 1.807) is 0 Å². The largest absolute Gasteiger partial charge is 0.551 e. The summed E-state index contributed by atoms with van der Waals surface area (Å²) in [4.78, 5) is 0. The van der Waals surface area contributed by atoms with Gasteiger partial charge in [-0.05, 0) is 30.7 Å². The second-order valence-electron chi connectivity index (χ2n) is 7.09. The van der Waals surface area contributed by atoms with Gasteiger partial charge in [0, 0.05) is 0 Å². The van der Waals surface area contributed by atoms with Crippen molar-refractivity contribution in [2.24, 2.45) is 0 Å². The highest BCUT2D eigenvalue weighted by atomic mass is 28.3. The van der Waals surface area contributed by atoms with Crippen LogP contribution >= 0.6 is 0 Å². The predicted octanol–water partition coefficient (Wildman–Crippen LogP) is 5.73. The molecule has 0 saturated heterocycles. The van der Waals surface area contributed by atoms with Gasteiger partial charge in [0.15, 0.2) is 0 Å². The van der Waals surface area contributed by atoms with Gasteiger partial charge in [-0.15, -0.1) is 0 Å². The lowest BCUT2D eigenvalue weighted by Crippen LogP contribution is -2.45. The number of unbranched alkanes of at least 4 members (excludes halogenated alkanes) is 9. The summed E-state index contributed by atoms with van der Waals surface area (Å²) in [6.45, 7) is 3.17. The topological polar surface area (TPSA) is 9.23 Å². The third-order valence-electron chi connectivity index (χ3n) is 4.82. The molecule has 140 valence electrons. The van der Waals surface area contributed by atoms with Crippen LogP contribution in [0.1, 0.15) is 71.1 Å². The van der Waals surface area contributed by atoms with Crippen LogP contribution in [-0.2, 0) is 4.43 Å². The minimum Gasteiger partial charge on any atom is -0.220 e. The van der Waals surface area contributed by atoms with Crippen LogP contribution in [0.4, 0.5) is 0 Å². The first-order valence-corrected chi connectivity index (χ1v) is 11.9. The van der Waals surface area contributed by atoms with Crippen LogP contribution in [-0.4, -0.2) is 15.6 Å². The Morgan fingerprint density at radius 2 is 1.00 bits per heavy atom. The molecule has 0 bridgehead atoms.